The fraction of sp³-hybridized carbons (Fsp3) is 0.500. The molecule has 1 atom stereocenters. The first-order valence-electron chi connectivity index (χ1n) is 6.08. The van der Waals surface area contributed by atoms with Crippen LogP contribution in [0.5, 0.6) is 0 Å². The lowest BCUT2D eigenvalue weighted by Crippen LogP contribution is -2.43. The Morgan fingerprint density at radius 1 is 1.50 bits per heavy atom. The molecule has 98 valence electrons. The Balaban J connectivity index is 2.98. The van der Waals surface area contributed by atoms with E-state index in [0.717, 1.165) is 16.6 Å². The summed E-state index contributed by atoms with van der Waals surface area (Å²) in [6, 6.07) is 7.86. The van der Waals surface area contributed by atoms with Gasteiger partial charge in [-0.25, -0.2) is 0 Å². The molecule has 4 heteroatoms. The van der Waals surface area contributed by atoms with Gasteiger partial charge in [0, 0.05) is 16.6 Å². The maximum atomic E-state index is 9.15. The minimum Gasteiger partial charge on any atom is -0.378 e. The molecule has 0 aromatic heterocycles. The van der Waals surface area contributed by atoms with Crippen molar-refractivity contribution < 1.29 is 0 Å². The number of nitrogens with two attached hydrogens (primary N) is 1. The summed E-state index contributed by atoms with van der Waals surface area (Å²) in [5.41, 5.74) is 7.16. The Bertz CT molecular complexity index is 451. The van der Waals surface area contributed by atoms with E-state index in [1.54, 1.807) is 0 Å². The van der Waals surface area contributed by atoms with E-state index < -0.39 is 0 Å². The summed E-state index contributed by atoms with van der Waals surface area (Å²) >= 11 is 3.37. The molecular weight excluding hydrogens is 290 g/mol. The first-order chi connectivity index (χ1) is 8.40. The molecule has 0 aliphatic carbocycles. The van der Waals surface area contributed by atoms with Gasteiger partial charge in [-0.3, -0.25) is 0 Å². The second kappa shape index (κ2) is 6.21. The van der Waals surface area contributed by atoms with Crippen LogP contribution in [0.25, 0.3) is 0 Å². The Labute approximate surface area is 118 Å². The number of halogens is 1. The maximum Gasteiger partial charge on any atom is 0.101 e. The summed E-state index contributed by atoms with van der Waals surface area (Å²) in [4.78, 5) is 0. The van der Waals surface area contributed by atoms with Crippen molar-refractivity contribution in [3.63, 3.8) is 0 Å². The van der Waals surface area contributed by atoms with Crippen molar-refractivity contribution in [1.82, 2.24) is 0 Å². The van der Waals surface area contributed by atoms with Gasteiger partial charge in [-0.1, -0.05) is 29.8 Å². The molecule has 18 heavy (non-hydrogen) atoms. The molecule has 1 aromatic carbocycles. The number of nitrogens with zero attached hydrogens (tertiary/aromatic N) is 1. The molecule has 0 aliphatic rings. The third-order valence-corrected chi connectivity index (χ3v) is 3.34. The van der Waals surface area contributed by atoms with Crippen LogP contribution in [0.15, 0.2) is 22.7 Å². The van der Waals surface area contributed by atoms with Gasteiger partial charge in [-0.15, -0.1) is 0 Å². The minimum atomic E-state index is -0.187. The first-order valence-corrected chi connectivity index (χ1v) is 6.87. The van der Waals surface area contributed by atoms with Crippen LogP contribution in [0, 0.1) is 17.2 Å². The molecule has 3 nitrogen and oxygen atoms in total. The normalized spacial score (nSPS) is 14.1. The monoisotopic (exact) mass is 309 g/mol. The summed E-state index contributed by atoms with van der Waals surface area (Å²) in [5.74, 6) is 0.548. The van der Waals surface area contributed by atoms with Gasteiger partial charge in [0.15, 0.2) is 0 Å². The van der Waals surface area contributed by atoms with E-state index in [2.05, 4.69) is 48.1 Å². The van der Waals surface area contributed by atoms with E-state index in [4.69, 9.17) is 11.0 Å². The number of nitrogens with one attached hydrogen (secondary N) is 1. The fourth-order valence-electron chi connectivity index (χ4n) is 2.13. The van der Waals surface area contributed by atoms with Crippen molar-refractivity contribution in [2.24, 2.45) is 11.7 Å². The predicted molar refractivity (Wildman–Crippen MR) is 79.4 cm³/mol. The lowest BCUT2D eigenvalue weighted by atomic mass is 9.90. The molecule has 0 saturated carbocycles. The molecular formula is C14H20BrN3. The zero-order valence-electron chi connectivity index (χ0n) is 11.1. The van der Waals surface area contributed by atoms with Crippen LogP contribution in [-0.4, -0.2) is 12.1 Å². The van der Waals surface area contributed by atoms with Crippen molar-refractivity contribution in [2.45, 2.75) is 32.7 Å². The number of anilines is 1. The first kappa shape index (κ1) is 15.0. The SMILES string of the molecule is CC(C)CC(C)(CN)Nc1ccc(Br)cc1C#N. The van der Waals surface area contributed by atoms with E-state index in [-0.39, 0.29) is 5.54 Å². The van der Waals surface area contributed by atoms with E-state index in [0.29, 0.717) is 18.0 Å². The lowest BCUT2D eigenvalue weighted by molar-refractivity contribution is 0.407. The summed E-state index contributed by atoms with van der Waals surface area (Å²) in [7, 11) is 0. The molecule has 0 bridgehead atoms. The highest BCUT2D eigenvalue weighted by atomic mass is 79.9. The number of rotatable bonds is 5. The van der Waals surface area contributed by atoms with Gasteiger partial charge in [-0.2, -0.15) is 5.26 Å². The van der Waals surface area contributed by atoms with Crippen LogP contribution in [0.1, 0.15) is 32.8 Å². The van der Waals surface area contributed by atoms with Crippen molar-refractivity contribution in [2.75, 3.05) is 11.9 Å². The van der Waals surface area contributed by atoms with Crippen molar-refractivity contribution in [1.29, 1.82) is 5.26 Å². The highest BCUT2D eigenvalue weighted by molar-refractivity contribution is 9.10. The summed E-state index contributed by atoms with van der Waals surface area (Å²) < 4.78 is 0.905. The number of hydrogen-bond acceptors (Lipinski definition) is 3. The van der Waals surface area contributed by atoms with Crippen LogP contribution in [0.2, 0.25) is 0 Å². The van der Waals surface area contributed by atoms with E-state index in [1.165, 1.54) is 0 Å². The van der Waals surface area contributed by atoms with Crippen LogP contribution in [0.4, 0.5) is 5.69 Å². The Hall–Kier alpha value is -1.05. The van der Waals surface area contributed by atoms with Gasteiger partial charge in [0.2, 0.25) is 0 Å². The van der Waals surface area contributed by atoms with Crippen molar-refractivity contribution in [3.8, 4) is 6.07 Å². The average Bonchev–Trinajstić information content (AvgIpc) is 2.30. The zero-order valence-corrected chi connectivity index (χ0v) is 12.7. The summed E-state index contributed by atoms with van der Waals surface area (Å²) in [5, 5.41) is 12.6. The van der Waals surface area contributed by atoms with Gasteiger partial charge in [0.25, 0.3) is 0 Å². The van der Waals surface area contributed by atoms with E-state index in [9.17, 15) is 0 Å². The molecule has 0 aliphatic heterocycles. The van der Waals surface area contributed by atoms with Crippen LogP contribution < -0.4 is 11.1 Å². The molecule has 0 saturated heterocycles. The van der Waals surface area contributed by atoms with Crippen LogP contribution in [-0.2, 0) is 0 Å². The summed E-state index contributed by atoms with van der Waals surface area (Å²) in [6.07, 6.45) is 0.963. The predicted octanol–water partition coefficient (Wildman–Crippen LogP) is 3.50. The molecule has 0 radical (unpaired) electrons. The van der Waals surface area contributed by atoms with Gasteiger partial charge < -0.3 is 11.1 Å². The van der Waals surface area contributed by atoms with Gasteiger partial charge >= 0.3 is 0 Å². The van der Waals surface area contributed by atoms with E-state index in [1.807, 2.05) is 18.2 Å². The van der Waals surface area contributed by atoms with E-state index >= 15 is 0 Å². The minimum absolute atomic E-state index is 0.187. The fourth-order valence-corrected chi connectivity index (χ4v) is 2.49. The Morgan fingerprint density at radius 3 is 2.67 bits per heavy atom. The molecule has 0 fully saturated rings. The lowest BCUT2D eigenvalue weighted by Gasteiger charge is -2.32. The van der Waals surface area contributed by atoms with Crippen molar-refractivity contribution in [3.05, 3.63) is 28.2 Å². The van der Waals surface area contributed by atoms with Gasteiger partial charge in [0.05, 0.1) is 11.3 Å². The average molecular weight is 310 g/mol. The van der Waals surface area contributed by atoms with Gasteiger partial charge in [-0.05, 0) is 37.5 Å². The third kappa shape index (κ3) is 4.01. The number of hydrogen-bond donors (Lipinski definition) is 2. The molecule has 0 amide bonds. The Kier molecular flexibility index (Phi) is 5.18. The molecule has 0 spiro atoms. The van der Waals surface area contributed by atoms with Crippen molar-refractivity contribution >= 4 is 21.6 Å². The molecule has 1 rings (SSSR count). The molecule has 3 N–H and O–H groups in total. The highest BCUT2D eigenvalue weighted by Crippen LogP contribution is 2.26. The zero-order chi connectivity index (χ0) is 13.8. The second-order valence-corrected chi connectivity index (χ2v) is 6.21. The summed E-state index contributed by atoms with van der Waals surface area (Å²) in [6.45, 7) is 6.97. The van der Waals surface area contributed by atoms with Crippen LogP contribution >= 0.6 is 15.9 Å². The maximum absolute atomic E-state index is 9.15. The standard InChI is InChI=1S/C14H20BrN3/c1-10(2)7-14(3,9-17)18-13-5-4-12(15)6-11(13)8-16/h4-6,10,18H,7,9,17H2,1-3H3. The largest absolute Gasteiger partial charge is 0.378 e. The molecule has 1 unspecified atom stereocenters. The van der Waals surface area contributed by atoms with Crippen LogP contribution in [0.3, 0.4) is 0 Å². The third-order valence-electron chi connectivity index (χ3n) is 2.85. The molecule has 1 aromatic rings. The number of benzene rings is 1. The topological polar surface area (TPSA) is 61.8 Å². The second-order valence-electron chi connectivity index (χ2n) is 5.29. The highest BCUT2D eigenvalue weighted by Gasteiger charge is 2.24. The smallest absolute Gasteiger partial charge is 0.101 e. The van der Waals surface area contributed by atoms with Gasteiger partial charge in [0.1, 0.15) is 6.07 Å². The number of nitriles is 1. The quantitative estimate of drug-likeness (QED) is 0.875. The molecule has 0 heterocycles. The Morgan fingerprint density at radius 2 is 2.17 bits per heavy atom.